The van der Waals surface area contributed by atoms with E-state index < -0.39 is 6.10 Å². The molecule has 0 aliphatic carbocycles. The molecule has 0 fully saturated rings. The standard InChI is InChI=1S/C12H15N3O2/c1-9-14-12(15-17-9)8-13-7-11(16)10-5-3-2-4-6-10/h2-6,11,13,16H,7-8H2,1H3. The molecule has 2 N–H and O–H groups in total. The van der Waals surface area contributed by atoms with Crippen LogP contribution in [0.5, 0.6) is 0 Å². The molecule has 0 aliphatic rings. The van der Waals surface area contributed by atoms with Crippen molar-refractivity contribution in [2.75, 3.05) is 6.54 Å². The van der Waals surface area contributed by atoms with Gasteiger partial charge in [0.1, 0.15) is 0 Å². The van der Waals surface area contributed by atoms with Crippen molar-refractivity contribution in [3.05, 3.63) is 47.6 Å². The lowest BCUT2D eigenvalue weighted by atomic mass is 10.1. The molecule has 0 radical (unpaired) electrons. The first-order chi connectivity index (χ1) is 8.25. The summed E-state index contributed by atoms with van der Waals surface area (Å²) in [5, 5.41) is 16.7. The Hall–Kier alpha value is -1.72. The van der Waals surface area contributed by atoms with E-state index in [0.717, 1.165) is 5.56 Å². The van der Waals surface area contributed by atoms with Gasteiger partial charge >= 0.3 is 0 Å². The van der Waals surface area contributed by atoms with Crippen LogP contribution >= 0.6 is 0 Å². The number of nitrogens with one attached hydrogen (secondary N) is 1. The highest BCUT2D eigenvalue weighted by atomic mass is 16.5. The second-order valence-corrected chi connectivity index (χ2v) is 3.79. The van der Waals surface area contributed by atoms with Gasteiger partial charge < -0.3 is 14.9 Å². The maximum Gasteiger partial charge on any atom is 0.223 e. The molecule has 1 aromatic carbocycles. The molecule has 0 aliphatic heterocycles. The van der Waals surface area contributed by atoms with Crippen molar-refractivity contribution in [3.63, 3.8) is 0 Å². The van der Waals surface area contributed by atoms with E-state index in [0.29, 0.717) is 24.8 Å². The molecule has 2 rings (SSSR count). The van der Waals surface area contributed by atoms with Crippen molar-refractivity contribution in [2.24, 2.45) is 0 Å². The summed E-state index contributed by atoms with van der Waals surface area (Å²) >= 11 is 0. The molecule has 5 nitrogen and oxygen atoms in total. The molecule has 1 atom stereocenters. The highest BCUT2D eigenvalue weighted by Crippen LogP contribution is 2.10. The average Bonchev–Trinajstić information content (AvgIpc) is 2.76. The molecule has 0 bridgehead atoms. The number of aromatic nitrogens is 2. The molecule has 1 aromatic heterocycles. The van der Waals surface area contributed by atoms with Gasteiger partial charge in [0.25, 0.3) is 0 Å². The van der Waals surface area contributed by atoms with Crippen molar-refractivity contribution in [1.82, 2.24) is 15.5 Å². The summed E-state index contributed by atoms with van der Waals surface area (Å²) in [5.74, 6) is 1.15. The summed E-state index contributed by atoms with van der Waals surface area (Å²) in [4.78, 5) is 4.06. The second kappa shape index (κ2) is 5.56. The van der Waals surface area contributed by atoms with Crippen LogP contribution in [0.2, 0.25) is 0 Å². The van der Waals surface area contributed by atoms with E-state index in [1.807, 2.05) is 30.3 Å². The predicted octanol–water partition coefficient (Wildman–Crippen LogP) is 1.20. The minimum Gasteiger partial charge on any atom is -0.387 e. The number of benzene rings is 1. The Morgan fingerprint density at radius 1 is 1.35 bits per heavy atom. The molecular weight excluding hydrogens is 218 g/mol. The zero-order chi connectivity index (χ0) is 12.1. The van der Waals surface area contributed by atoms with Gasteiger partial charge in [0, 0.05) is 13.5 Å². The quantitative estimate of drug-likeness (QED) is 0.812. The third-order valence-electron chi connectivity index (χ3n) is 2.37. The highest BCUT2D eigenvalue weighted by Gasteiger charge is 2.07. The Kier molecular flexibility index (Phi) is 3.85. The van der Waals surface area contributed by atoms with Gasteiger partial charge in [-0.05, 0) is 5.56 Å². The van der Waals surface area contributed by atoms with Crippen LogP contribution in [0.4, 0.5) is 0 Å². The van der Waals surface area contributed by atoms with Crippen LogP contribution in [0.3, 0.4) is 0 Å². The molecule has 0 amide bonds. The summed E-state index contributed by atoms with van der Waals surface area (Å²) in [6, 6.07) is 9.52. The molecular formula is C12H15N3O2. The van der Waals surface area contributed by atoms with Crippen molar-refractivity contribution < 1.29 is 9.63 Å². The number of nitrogens with zero attached hydrogens (tertiary/aromatic N) is 2. The first-order valence-electron chi connectivity index (χ1n) is 5.48. The normalized spacial score (nSPS) is 12.6. The molecule has 90 valence electrons. The minimum atomic E-state index is -0.524. The summed E-state index contributed by atoms with van der Waals surface area (Å²) in [6.07, 6.45) is -0.524. The number of aliphatic hydroxyl groups is 1. The Bertz CT molecular complexity index is 456. The van der Waals surface area contributed by atoms with Crippen molar-refractivity contribution in [3.8, 4) is 0 Å². The van der Waals surface area contributed by atoms with E-state index in [1.54, 1.807) is 6.92 Å². The fourth-order valence-corrected chi connectivity index (χ4v) is 1.53. The number of hydrogen-bond acceptors (Lipinski definition) is 5. The average molecular weight is 233 g/mol. The number of aliphatic hydroxyl groups excluding tert-OH is 1. The second-order valence-electron chi connectivity index (χ2n) is 3.79. The summed E-state index contributed by atoms with van der Waals surface area (Å²) < 4.78 is 4.84. The summed E-state index contributed by atoms with van der Waals surface area (Å²) in [6.45, 7) is 2.69. The van der Waals surface area contributed by atoms with E-state index >= 15 is 0 Å². The number of aryl methyl sites for hydroxylation is 1. The molecule has 1 unspecified atom stereocenters. The Morgan fingerprint density at radius 2 is 2.12 bits per heavy atom. The zero-order valence-corrected chi connectivity index (χ0v) is 9.63. The molecule has 0 spiro atoms. The topological polar surface area (TPSA) is 71.2 Å². The number of hydrogen-bond donors (Lipinski definition) is 2. The predicted molar refractivity (Wildman–Crippen MR) is 62.1 cm³/mol. The molecule has 2 aromatic rings. The molecule has 0 saturated carbocycles. The fourth-order valence-electron chi connectivity index (χ4n) is 1.53. The van der Waals surface area contributed by atoms with Crippen LogP contribution < -0.4 is 5.32 Å². The minimum absolute atomic E-state index is 0.456. The third-order valence-corrected chi connectivity index (χ3v) is 2.37. The van der Waals surface area contributed by atoms with Crippen LogP contribution in [0.1, 0.15) is 23.4 Å². The number of rotatable bonds is 5. The lowest BCUT2D eigenvalue weighted by molar-refractivity contribution is 0.174. The van der Waals surface area contributed by atoms with Crippen molar-refractivity contribution in [1.29, 1.82) is 0 Å². The molecule has 0 saturated heterocycles. The maximum absolute atomic E-state index is 9.88. The van der Waals surface area contributed by atoms with Crippen LogP contribution in [-0.4, -0.2) is 21.8 Å². The smallest absolute Gasteiger partial charge is 0.223 e. The SMILES string of the molecule is Cc1nc(CNCC(O)c2ccccc2)no1. The largest absolute Gasteiger partial charge is 0.387 e. The lowest BCUT2D eigenvalue weighted by Gasteiger charge is -2.10. The first-order valence-corrected chi connectivity index (χ1v) is 5.48. The Labute approximate surface area is 99.5 Å². The van der Waals surface area contributed by atoms with E-state index in [2.05, 4.69) is 15.5 Å². The van der Waals surface area contributed by atoms with Gasteiger partial charge in [-0.15, -0.1) is 0 Å². The summed E-state index contributed by atoms with van der Waals surface area (Å²) in [5.41, 5.74) is 0.893. The van der Waals surface area contributed by atoms with Gasteiger partial charge in [0.15, 0.2) is 5.82 Å². The van der Waals surface area contributed by atoms with Gasteiger partial charge in [0.2, 0.25) is 5.89 Å². The van der Waals surface area contributed by atoms with E-state index in [1.165, 1.54) is 0 Å². The first kappa shape index (κ1) is 11.8. The van der Waals surface area contributed by atoms with E-state index in [9.17, 15) is 5.11 Å². The van der Waals surface area contributed by atoms with Gasteiger partial charge in [-0.1, -0.05) is 35.5 Å². The monoisotopic (exact) mass is 233 g/mol. The molecule has 17 heavy (non-hydrogen) atoms. The van der Waals surface area contributed by atoms with Crippen molar-refractivity contribution in [2.45, 2.75) is 19.6 Å². The van der Waals surface area contributed by atoms with Gasteiger partial charge in [0.05, 0.1) is 12.6 Å². The molecule has 1 heterocycles. The Morgan fingerprint density at radius 3 is 2.76 bits per heavy atom. The fraction of sp³-hybridized carbons (Fsp3) is 0.333. The van der Waals surface area contributed by atoms with Crippen LogP contribution in [0.25, 0.3) is 0 Å². The zero-order valence-electron chi connectivity index (χ0n) is 9.63. The van der Waals surface area contributed by atoms with Crippen LogP contribution in [-0.2, 0) is 6.54 Å². The highest BCUT2D eigenvalue weighted by molar-refractivity contribution is 5.17. The van der Waals surface area contributed by atoms with Crippen LogP contribution in [0.15, 0.2) is 34.9 Å². The van der Waals surface area contributed by atoms with Crippen molar-refractivity contribution >= 4 is 0 Å². The molecule has 5 heteroatoms. The van der Waals surface area contributed by atoms with Gasteiger partial charge in [-0.25, -0.2) is 0 Å². The lowest BCUT2D eigenvalue weighted by Crippen LogP contribution is -2.21. The van der Waals surface area contributed by atoms with E-state index in [4.69, 9.17) is 4.52 Å². The Balaban J connectivity index is 1.79. The van der Waals surface area contributed by atoms with Gasteiger partial charge in [-0.3, -0.25) is 0 Å². The third kappa shape index (κ3) is 3.37. The van der Waals surface area contributed by atoms with Crippen LogP contribution in [0, 0.1) is 6.92 Å². The van der Waals surface area contributed by atoms with Gasteiger partial charge in [-0.2, -0.15) is 4.98 Å². The maximum atomic E-state index is 9.88. The summed E-state index contributed by atoms with van der Waals surface area (Å²) in [7, 11) is 0. The van der Waals surface area contributed by atoms with E-state index in [-0.39, 0.29) is 0 Å².